The van der Waals surface area contributed by atoms with Crippen LogP contribution in [0.4, 0.5) is 11.4 Å². The second-order valence-corrected chi connectivity index (χ2v) is 7.46. The molecule has 0 spiro atoms. The van der Waals surface area contributed by atoms with Crippen molar-refractivity contribution >= 4 is 23.2 Å². The van der Waals surface area contributed by atoms with E-state index in [9.17, 15) is 9.59 Å². The highest BCUT2D eigenvalue weighted by Crippen LogP contribution is 2.20. The summed E-state index contributed by atoms with van der Waals surface area (Å²) >= 11 is 0. The van der Waals surface area contributed by atoms with Crippen LogP contribution in [0.2, 0.25) is 0 Å². The molecule has 2 amide bonds. The fraction of sp³-hybridized carbons (Fsp3) is 0.391. The zero-order valence-corrected chi connectivity index (χ0v) is 17.7. The number of carbonyl (C=O) groups excluding carboxylic acids is 2. The Balaban J connectivity index is 1.63. The van der Waals surface area contributed by atoms with E-state index in [2.05, 4.69) is 15.5 Å². The third-order valence-electron chi connectivity index (χ3n) is 4.73. The van der Waals surface area contributed by atoms with Gasteiger partial charge in [0.25, 0.3) is 5.91 Å². The third-order valence-corrected chi connectivity index (χ3v) is 4.73. The van der Waals surface area contributed by atoms with Gasteiger partial charge >= 0.3 is 0 Å². The fourth-order valence-corrected chi connectivity index (χ4v) is 3.60. The molecular weight excluding hydrogens is 382 g/mol. The molecule has 2 unspecified atom stereocenters. The zero-order chi connectivity index (χ0) is 21.5. The van der Waals surface area contributed by atoms with Gasteiger partial charge in [0.2, 0.25) is 5.91 Å². The first kappa shape index (κ1) is 21.8. The number of hydrogen-bond acceptors (Lipinski definition) is 5. The van der Waals surface area contributed by atoms with E-state index in [0.717, 1.165) is 5.75 Å². The minimum absolute atomic E-state index is 0.0914. The molecule has 0 bridgehead atoms. The molecular formula is C23H29N3O4. The van der Waals surface area contributed by atoms with Crippen molar-refractivity contribution in [2.45, 2.75) is 33.0 Å². The number of benzene rings is 2. The lowest BCUT2D eigenvalue weighted by Crippen LogP contribution is -2.48. The highest BCUT2D eigenvalue weighted by Gasteiger charge is 2.24. The predicted octanol–water partition coefficient (Wildman–Crippen LogP) is 3.39. The molecule has 2 atom stereocenters. The van der Waals surface area contributed by atoms with Crippen LogP contribution in [0.5, 0.6) is 5.75 Å². The first-order valence-electron chi connectivity index (χ1n) is 10.3. The van der Waals surface area contributed by atoms with Gasteiger partial charge in [-0.15, -0.1) is 0 Å². The molecule has 3 rings (SSSR count). The number of rotatable bonds is 7. The first-order valence-corrected chi connectivity index (χ1v) is 10.3. The maximum absolute atomic E-state index is 12.8. The summed E-state index contributed by atoms with van der Waals surface area (Å²) in [6, 6.07) is 14.2. The van der Waals surface area contributed by atoms with E-state index in [1.807, 2.05) is 20.8 Å². The summed E-state index contributed by atoms with van der Waals surface area (Å²) in [6.07, 6.45) is 0.183. The molecule has 1 fully saturated rings. The molecule has 2 aromatic carbocycles. The summed E-state index contributed by atoms with van der Waals surface area (Å²) in [5.41, 5.74) is 1.55. The number of nitrogens with zero attached hydrogens (tertiary/aromatic N) is 1. The van der Waals surface area contributed by atoms with E-state index in [1.165, 1.54) is 0 Å². The third kappa shape index (κ3) is 6.05. The molecule has 1 aliphatic rings. The number of hydrogen-bond donors (Lipinski definition) is 2. The van der Waals surface area contributed by atoms with Crippen LogP contribution < -0.4 is 15.4 Å². The van der Waals surface area contributed by atoms with Crippen molar-refractivity contribution in [3.8, 4) is 5.75 Å². The van der Waals surface area contributed by atoms with E-state index in [1.54, 1.807) is 48.5 Å². The minimum Gasteiger partial charge on any atom is -0.494 e. The highest BCUT2D eigenvalue weighted by atomic mass is 16.5. The summed E-state index contributed by atoms with van der Waals surface area (Å²) in [7, 11) is 0. The van der Waals surface area contributed by atoms with Crippen molar-refractivity contribution in [1.82, 2.24) is 4.90 Å². The van der Waals surface area contributed by atoms with Gasteiger partial charge in [-0.05, 0) is 57.2 Å². The molecule has 0 saturated carbocycles. The highest BCUT2D eigenvalue weighted by molar-refractivity contribution is 6.10. The molecule has 2 aromatic rings. The predicted molar refractivity (Wildman–Crippen MR) is 117 cm³/mol. The number of amides is 2. The summed E-state index contributed by atoms with van der Waals surface area (Å²) < 4.78 is 11.1. The van der Waals surface area contributed by atoms with Crippen molar-refractivity contribution in [3.05, 3.63) is 54.1 Å². The van der Waals surface area contributed by atoms with E-state index in [4.69, 9.17) is 9.47 Å². The Bertz CT molecular complexity index is 859. The lowest BCUT2D eigenvalue weighted by atomic mass is 10.1. The fourth-order valence-electron chi connectivity index (χ4n) is 3.60. The van der Waals surface area contributed by atoms with Gasteiger partial charge in [0.15, 0.2) is 0 Å². The second-order valence-electron chi connectivity index (χ2n) is 7.46. The standard InChI is InChI=1S/C23H29N3O4/c1-4-29-19-11-9-18(10-12-19)24-23(28)20-7-5-6-8-21(20)25-22(27)15-26-13-16(2)30-17(3)14-26/h5-12,16-17H,4,13-15H2,1-3H3,(H,24,28)(H,25,27). The van der Waals surface area contributed by atoms with Gasteiger partial charge in [-0.2, -0.15) is 0 Å². The van der Waals surface area contributed by atoms with E-state index in [0.29, 0.717) is 36.6 Å². The van der Waals surface area contributed by atoms with Gasteiger partial charge in [0, 0.05) is 18.8 Å². The van der Waals surface area contributed by atoms with Gasteiger partial charge in [-0.25, -0.2) is 0 Å². The zero-order valence-electron chi connectivity index (χ0n) is 17.7. The Morgan fingerprint density at radius 2 is 1.70 bits per heavy atom. The van der Waals surface area contributed by atoms with Crippen LogP contribution in [0, 0.1) is 0 Å². The van der Waals surface area contributed by atoms with Gasteiger partial charge in [0.1, 0.15) is 5.75 Å². The maximum atomic E-state index is 12.8. The number of para-hydroxylation sites is 1. The molecule has 7 heteroatoms. The van der Waals surface area contributed by atoms with Crippen molar-refractivity contribution in [2.24, 2.45) is 0 Å². The van der Waals surface area contributed by atoms with E-state index < -0.39 is 0 Å². The van der Waals surface area contributed by atoms with Crippen LogP contribution >= 0.6 is 0 Å². The molecule has 0 radical (unpaired) electrons. The molecule has 160 valence electrons. The number of nitrogens with one attached hydrogen (secondary N) is 2. The molecule has 2 N–H and O–H groups in total. The number of anilines is 2. The summed E-state index contributed by atoms with van der Waals surface area (Å²) in [5, 5.41) is 5.74. The van der Waals surface area contributed by atoms with Gasteiger partial charge in [-0.3, -0.25) is 14.5 Å². The molecule has 0 aliphatic carbocycles. The summed E-state index contributed by atoms with van der Waals surface area (Å²) in [4.78, 5) is 27.4. The van der Waals surface area contributed by atoms with Crippen molar-refractivity contribution < 1.29 is 19.1 Å². The smallest absolute Gasteiger partial charge is 0.257 e. The molecule has 7 nitrogen and oxygen atoms in total. The van der Waals surface area contributed by atoms with Crippen molar-refractivity contribution in [2.75, 3.05) is 36.9 Å². The quantitative estimate of drug-likeness (QED) is 0.730. The van der Waals surface area contributed by atoms with Crippen LogP contribution in [0.25, 0.3) is 0 Å². The van der Waals surface area contributed by atoms with Crippen molar-refractivity contribution in [3.63, 3.8) is 0 Å². The normalized spacial score (nSPS) is 19.2. The van der Waals surface area contributed by atoms with E-state index >= 15 is 0 Å². The lowest BCUT2D eigenvalue weighted by molar-refractivity contribution is -0.121. The lowest BCUT2D eigenvalue weighted by Gasteiger charge is -2.34. The molecule has 1 heterocycles. The Hall–Kier alpha value is -2.90. The SMILES string of the molecule is CCOc1ccc(NC(=O)c2ccccc2NC(=O)CN2CC(C)OC(C)C2)cc1. The Labute approximate surface area is 177 Å². The van der Waals surface area contributed by atoms with Gasteiger partial charge < -0.3 is 20.1 Å². The van der Waals surface area contributed by atoms with Gasteiger partial charge in [-0.1, -0.05) is 12.1 Å². The first-order chi connectivity index (χ1) is 14.4. The van der Waals surface area contributed by atoms with Crippen molar-refractivity contribution in [1.29, 1.82) is 0 Å². The van der Waals surface area contributed by atoms with Gasteiger partial charge in [0.05, 0.1) is 36.6 Å². The minimum atomic E-state index is -0.288. The molecule has 1 saturated heterocycles. The van der Waals surface area contributed by atoms with E-state index in [-0.39, 0.29) is 30.6 Å². The average Bonchev–Trinajstić information content (AvgIpc) is 2.69. The summed E-state index contributed by atoms with van der Waals surface area (Å²) in [5.74, 6) is 0.302. The molecule has 1 aliphatic heterocycles. The van der Waals surface area contributed by atoms with Crippen LogP contribution in [-0.4, -0.2) is 55.2 Å². The largest absolute Gasteiger partial charge is 0.494 e. The molecule has 0 aromatic heterocycles. The number of morpholine rings is 1. The van der Waals surface area contributed by atoms with Crippen LogP contribution in [-0.2, 0) is 9.53 Å². The Morgan fingerprint density at radius 3 is 2.37 bits per heavy atom. The Morgan fingerprint density at radius 1 is 1.03 bits per heavy atom. The topological polar surface area (TPSA) is 79.9 Å². The average molecular weight is 412 g/mol. The number of ether oxygens (including phenoxy) is 2. The maximum Gasteiger partial charge on any atom is 0.257 e. The summed E-state index contributed by atoms with van der Waals surface area (Å²) in [6.45, 7) is 8.17. The molecule has 30 heavy (non-hydrogen) atoms. The van der Waals surface area contributed by atoms with Crippen LogP contribution in [0.1, 0.15) is 31.1 Å². The Kier molecular flexibility index (Phi) is 7.43. The van der Waals surface area contributed by atoms with Crippen LogP contribution in [0.3, 0.4) is 0 Å². The monoisotopic (exact) mass is 411 g/mol. The van der Waals surface area contributed by atoms with Crippen LogP contribution in [0.15, 0.2) is 48.5 Å². The number of carbonyl (C=O) groups is 2. The second kappa shape index (κ2) is 10.2.